The lowest BCUT2D eigenvalue weighted by Crippen LogP contribution is -2.52. The number of hydrazine groups is 1. The van der Waals surface area contributed by atoms with E-state index < -0.39 is 11.9 Å². The fraction of sp³-hybridized carbons (Fsp3) is 0.250. The second-order valence-electron chi connectivity index (χ2n) is 4.30. The predicted molar refractivity (Wildman–Crippen MR) is 70.9 cm³/mol. The zero-order valence-corrected chi connectivity index (χ0v) is 10.2. The molecule has 0 spiro atoms. The molecule has 1 aromatic carbocycles. The van der Waals surface area contributed by atoms with Crippen molar-refractivity contribution in [1.29, 1.82) is 0 Å². The van der Waals surface area contributed by atoms with E-state index in [1.165, 1.54) is 0 Å². The Labute approximate surface area is 110 Å². The Balaban J connectivity index is 2.11. The molecule has 0 saturated carbocycles. The van der Waals surface area contributed by atoms with Crippen molar-refractivity contribution in [2.45, 2.75) is 18.9 Å². The van der Waals surface area contributed by atoms with Crippen LogP contribution in [0.2, 0.25) is 0 Å². The molecule has 0 fully saturated rings. The highest BCUT2D eigenvalue weighted by Gasteiger charge is 2.24. The highest BCUT2D eigenvalue weighted by atomic mass is 16.2. The topological polar surface area (TPSA) is 123 Å². The smallest absolute Gasteiger partial charge is 0.263 e. The van der Waals surface area contributed by atoms with Gasteiger partial charge in [-0.05, 0) is 17.7 Å². The van der Waals surface area contributed by atoms with Crippen LogP contribution in [0, 0.1) is 0 Å². The van der Waals surface area contributed by atoms with E-state index in [-0.39, 0.29) is 12.3 Å². The van der Waals surface area contributed by atoms with Crippen LogP contribution in [0.4, 0.5) is 5.69 Å². The number of nitrogens with zero attached hydrogens (tertiary/aromatic N) is 1. The fourth-order valence-electron chi connectivity index (χ4n) is 1.81. The minimum atomic E-state index is -0.769. The number of rotatable bonds is 4. The maximum Gasteiger partial charge on any atom is 0.263 e. The number of primary amides is 1. The van der Waals surface area contributed by atoms with Gasteiger partial charge in [0.25, 0.3) is 5.91 Å². The molecule has 7 nitrogen and oxygen atoms in total. The first-order valence-electron chi connectivity index (χ1n) is 5.80. The lowest BCUT2D eigenvalue weighted by Gasteiger charge is -2.21. The highest BCUT2D eigenvalue weighted by Crippen LogP contribution is 2.09. The number of hydrogen-bond donors (Lipinski definition) is 4. The SMILES string of the molecule is NC(=O)CC1N=C(Cc2cccc(N)c2)NNC1=O. The third kappa shape index (κ3) is 3.44. The van der Waals surface area contributed by atoms with Crippen molar-refractivity contribution >= 4 is 23.3 Å². The van der Waals surface area contributed by atoms with Gasteiger partial charge in [-0.25, -0.2) is 0 Å². The van der Waals surface area contributed by atoms with E-state index in [2.05, 4.69) is 15.8 Å². The lowest BCUT2D eigenvalue weighted by atomic mass is 10.1. The molecule has 0 saturated heterocycles. The molecule has 7 heteroatoms. The van der Waals surface area contributed by atoms with Crippen LogP contribution in [-0.2, 0) is 16.0 Å². The van der Waals surface area contributed by atoms with Crippen molar-refractivity contribution in [3.05, 3.63) is 29.8 Å². The Hall–Kier alpha value is -2.57. The zero-order chi connectivity index (χ0) is 13.8. The van der Waals surface area contributed by atoms with Crippen LogP contribution in [-0.4, -0.2) is 23.7 Å². The van der Waals surface area contributed by atoms with Crippen LogP contribution in [0.25, 0.3) is 0 Å². The Morgan fingerprint density at radius 1 is 1.37 bits per heavy atom. The Kier molecular flexibility index (Phi) is 3.65. The van der Waals surface area contributed by atoms with Gasteiger partial charge in [-0.15, -0.1) is 0 Å². The van der Waals surface area contributed by atoms with Gasteiger partial charge in [-0.3, -0.25) is 25.4 Å². The molecule has 1 aliphatic rings. The van der Waals surface area contributed by atoms with Gasteiger partial charge in [-0.2, -0.15) is 0 Å². The second-order valence-corrected chi connectivity index (χ2v) is 4.30. The number of nitrogen functional groups attached to an aromatic ring is 1. The number of nitrogens with two attached hydrogens (primary N) is 2. The molecule has 1 aromatic rings. The summed E-state index contributed by atoms with van der Waals surface area (Å²) in [5.74, 6) is -0.360. The number of carbonyl (C=O) groups is 2. The average Bonchev–Trinajstić information content (AvgIpc) is 2.33. The molecular formula is C12H15N5O2. The molecule has 19 heavy (non-hydrogen) atoms. The van der Waals surface area contributed by atoms with Gasteiger partial charge in [0.1, 0.15) is 11.9 Å². The van der Waals surface area contributed by atoms with E-state index in [0.717, 1.165) is 5.56 Å². The third-order valence-corrected chi connectivity index (χ3v) is 2.66. The minimum absolute atomic E-state index is 0.103. The number of amidine groups is 1. The maximum atomic E-state index is 11.5. The van der Waals surface area contributed by atoms with Crippen LogP contribution >= 0.6 is 0 Å². The molecule has 0 aliphatic carbocycles. The van der Waals surface area contributed by atoms with Crippen LogP contribution in [0.3, 0.4) is 0 Å². The summed E-state index contributed by atoms with van der Waals surface area (Å²) in [6, 6.07) is 6.59. The molecule has 0 radical (unpaired) electrons. The molecule has 1 heterocycles. The molecule has 1 aliphatic heterocycles. The lowest BCUT2D eigenvalue weighted by molar-refractivity contribution is -0.127. The first-order valence-corrected chi connectivity index (χ1v) is 5.80. The molecule has 1 unspecified atom stereocenters. The molecule has 0 aromatic heterocycles. The van der Waals surface area contributed by atoms with E-state index in [9.17, 15) is 9.59 Å². The van der Waals surface area contributed by atoms with Gasteiger partial charge in [-0.1, -0.05) is 12.1 Å². The van der Waals surface area contributed by atoms with E-state index in [0.29, 0.717) is 17.9 Å². The van der Waals surface area contributed by atoms with E-state index in [1.54, 1.807) is 6.07 Å². The van der Waals surface area contributed by atoms with Gasteiger partial charge >= 0.3 is 0 Å². The van der Waals surface area contributed by atoms with Crippen molar-refractivity contribution in [3.8, 4) is 0 Å². The summed E-state index contributed by atoms with van der Waals surface area (Å²) >= 11 is 0. The first-order chi connectivity index (χ1) is 9.04. The zero-order valence-electron chi connectivity index (χ0n) is 10.2. The summed E-state index contributed by atoms with van der Waals surface area (Å²) in [5, 5.41) is 0. The third-order valence-electron chi connectivity index (χ3n) is 2.66. The Morgan fingerprint density at radius 3 is 2.84 bits per heavy atom. The van der Waals surface area contributed by atoms with Crippen LogP contribution in [0.1, 0.15) is 12.0 Å². The molecule has 2 amide bonds. The van der Waals surface area contributed by atoms with Gasteiger partial charge < -0.3 is 11.5 Å². The standard InChI is InChI=1S/C12H15N5O2/c13-8-3-1-2-7(4-8)5-11-15-9(6-10(14)18)12(19)17-16-11/h1-4,9H,5-6,13H2,(H2,14,18)(H,15,16)(H,17,19). The number of anilines is 1. The van der Waals surface area contributed by atoms with Crippen molar-refractivity contribution in [3.63, 3.8) is 0 Å². The Morgan fingerprint density at radius 2 is 2.16 bits per heavy atom. The van der Waals surface area contributed by atoms with Crippen molar-refractivity contribution < 1.29 is 9.59 Å². The molecule has 1 atom stereocenters. The van der Waals surface area contributed by atoms with E-state index in [4.69, 9.17) is 11.5 Å². The summed E-state index contributed by atoms with van der Waals surface area (Å²) in [7, 11) is 0. The average molecular weight is 261 g/mol. The number of aliphatic imine (C=N–C) groups is 1. The van der Waals surface area contributed by atoms with Gasteiger partial charge in [0.2, 0.25) is 5.91 Å². The van der Waals surface area contributed by atoms with Crippen LogP contribution < -0.4 is 22.3 Å². The van der Waals surface area contributed by atoms with Crippen molar-refractivity contribution in [1.82, 2.24) is 10.9 Å². The second kappa shape index (κ2) is 5.38. The fourth-order valence-corrected chi connectivity index (χ4v) is 1.81. The molecule has 6 N–H and O–H groups in total. The monoisotopic (exact) mass is 261 g/mol. The molecule has 100 valence electrons. The number of hydrogen-bond acceptors (Lipinski definition) is 5. The van der Waals surface area contributed by atoms with Crippen molar-refractivity contribution in [2.75, 3.05) is 5.73 Å². The number of amides is 2. The minimum Gasteiger partial charge on any atom is -0.399 e. The van der Waals surface area contributed by atoms with E-state index in [1.807, 2.05) is 18.2 Å². The summed E-state index contributed by atoms with van der Waals surface area (Å²) in [6.07, 6.45) is 0.383. The summed E-state index contributed by atoms with van der Waals surface area (Å²) in [4.78, 5) is 26.5. The number of carbonyl (C=O) groups excluding carboxylic acids is 2. The molecule has 0 bridgehead atoms. The normalized spacial score (nSPS) is 18.2. The summed E-state index contributed by atoms with van der Waals surface area (Å²) in [5.41, 5.74) is 17.5. The van der Waals surface area contributed by atoms with Crippen molar-refractivity contribution in [2.24, 2.45) is 10.7 Å². The quantitative estimate of drug-likeness (QED) is 0.524. The van der Waals surface area contributed by atoms with Gasteiger partial charge in [0.15, 0.2) is 0 Å². The maximum absolute atomic E-state index is 11.5. The molecule has 2 rings (SSSR count). The summed E-state index contributed by atoms with van der Waals surface area (Å²) in [6.45, 7) is 0. The van der Waals surface area contributed by atoms with E-state index >= 15 is 0 Å². The largest absolute Gasteiger partial charge is 0.399 e. The highest BCUT2D eigenvalue weighted by molar-refractivity contribution is 5.96. The number of nitrogens with one attached hydrogen (secondary N) is 2. The van der Waals surface area contributed by atoms with Crippen LogP contribution in [0.5, 0.6) is 0 Å². The van der Waals surface area contributed by atoms with Crippen LogP contribution in [0.15, 0.2) is 29.3 Å². The summed E-state index contributed by atoms with van der Waals surface area (Å²) < 4.78 is 0. The predicted octanol–water partition coefficient (Wildman–Crippen LogP) is -0.912. The van der Waals surface area contributed by atoms with Gasteiger partial charge in [0, 0.05) is 12.1 Å². The molecular weight excluding hydrogens is 246 g/mol. The van der Waals surface area contributed by atoms with Gasteiger partial charge in [0.05, 0.1) is 6.42 Å². The number of benzene rings is 1. The first kappa shape index (κ1) is 12.9. The Bertz CT molecular complexity index is 541.